The molecule has 0 spiro atoms. The molecule has 3 nitrogen and oxygen atoms in total. The lowest BCUT2D eigenvalue weighted by Gasteiger charge is -2.11. The van der Waals surface area contributed by atoms with Gasteiger partial charge in [-0.15, -0.1) is 0 Å². The van der Waals surface area contributed by atoms with Crippen molar-refractivity contribution in [3.05, 3.63) is 57.6 Å². The molecule has 0 heterocycles. The molecule has 0 unspecified atom stereocenters. The lowest BCUT2D eigenvalue weighted by atomic mass is 10.2. The normalized spacial score (nSPS) is 9.90. The number of nitriles is 1. The number of hydrogen-bond acceptors (Lipinski definition) is 3. The smallest absolute Gasteiger partial charge is 0.143 e. The van der Waals surface area contributed by atoms with Crippen molar-refractivity contribution >= 4 is 28.9 Å². The van der Waals surface area contributed by atoms with Crippen LogP contribution in [0.25, 0.3) is 0 Å². The average Bonchev–Trinajstić information content (AvgIpc) is 2.48. The van der Waals surface area contributed by atoms with Crippen molar-refractivity contribution in [3.63, 3.8) is 0 Å². The highest BCUT2D eigenvalue weighted by molar-refractivity contribution is 6.42. The van der Waals surface area contributed by atoms with Crippen LogP contribution in [0.3, 0.4) is 0 Å². The molecule has 0 aliphatic rings. The summed E-state index contributed by atoms with van der Waals surface area (Å²) in [4.78, 5) is 0. The summed E-state index contributed by atoms with van der Waals surface area (Å²) < 4.78 is 5.26. The highest BCUT2D eigenvalue weighted by Gasteiger charge is 2.05. The molecule has 0 saturated heterocycles. The van der Waals surface area contributed by atoms with Crippen LogP contribution in [0, 0.1) is 11.3 Å². The molecule has 20 heavy (non-hydrogen) atoms. The summed E-state index contributed by atoms with van der Waals surface area (Å²) in [6, 6.07) is 12.8. The van der Waals surface area contributed by atoms with E-state index in [1.165, 1.54) is 0 Å². The lowest BCUT2D eigenvalue weighted by molar-refractivity contribution is 0.416. The number of halogens is 2. The molecular weight excluding hydrogens is 295 g/mol. The van der Waals surface area contributed by atoms with Crippen molar-refractivity contribution in [2.24, 2.45) is 0 Å². The molecule has 2 aromatic rings. The minimum Gasteiger partial charge on any atom is -0.495 e. The van der Waals surface area contributed by atoms with E-state index >= 15 is 0 Å². The number of nitrogens with zero attached hydrogens (tertiary/aromatic N) is 1. The minimum absolute atomic E-state index is 0.526. The van der Waals surface area contributed by atoms with Gasteiger partial charge in [-0.3, -0.25) is 0 Å². The van der Waals surface area contributed by atoms with Crippen LogP contribution in [-0.2, 0) is 6.54 Å². The Kier molecular flexibility index (Phi) is 4.73. The van der Waals surface area contributed by atoms with Crippen molar-refractivity contribution in [2.45, 2.75) is 6.54 Å². The van der Waals surface area contributed by atoms with Gasteiger partial charge in [0, 0.05) is 12.6 Å². The highest BCUT2D eigenvalue weighted by atomic mass is 35.5. The molecule has 0 radical (unpaired) electrons. The zero-order valence-electron chi connectivity index (χ0n) is 10.8. The summed E-state index contributed by atoms with van der Waals surface area (Å²) in [6.45, 7) is 0.582. The maximum atomic E-state index is 8.86. The summed E-state index contributed by atoms with van der Waals surface area (Å²) in [5.41, 5.74) is 2.38. The fraction of sp³-hybridized carbons (Fsp3) is 0.133. The van der Waals surface area contributed by atoms with Gasteiger partial charge in [0.15, 0.2) is 0 Å². The Morgan fingerprint density at radius 2 is 1.95 bits per heavy atom. The van der Waals surface area contributed by atoms with Crippen LogP contribution in [0.5, 0.6) is 5.75 Å². The zero-order chi connectivity index (χ0) is 14.5. The van der Waals surface area contributed by atoms with Crippen molar-refractivity contribution in [3.8, 4) is 11.8 Å². The van der Waals surface area contributed by atoms with Gasteiger partial charge in [-0.1, -0.05) is 29.3 Å². The van der Waals surface area contributed by atoms with E-state index in [0.717, 1.165) is 11.3 Å². The van der Waals surface area contributed by atoms with E-state index in [0.29, 0.717) is 27.9 Å². The third kappa shape index (κ3) is 3.36. The number of rotatable bonds is 4. The van der Waals surface area contributed by atoms with Gasteiger partial charge < -0.3 is 10.1 Å². The second kappa shape index (κ2) is 6.51. The van der Waals surface area contributed by atoms with E-state index in [1.54, 1.807) is 25.3 Å². The van der Waals surface area contributed by atoms with Crippen molar-refractivity contribution < 1.29 is 4.74 Å². The Labute approximate surface area is 127 Å². The van der Waals surface area contributed by atoms with E-state index in [2.05, 4.69) is 11.4 Å². The van der Waals surface area contributed by atoms with Gasteiger partial charge in [0.05, 0.1) is 34.5 Å². The molecule has 0 aliphatic heterocycles. The summed E-state index contributed by atoms with van der Waals surface area (Å²) in [5, 5.41) is 13.2. The largest absolute Gasteiger partial charge is 0.495 e. The first-order chi connectivity index (χ1) is 9.63. The predicted octanol–water partition coefficient (Wildman–Crippen LogP) is 4.49. The first-order valence-corrected chi connectivity index (χ1v) is 6.65. The number of anilines is 1. The van der Waals surface area contributed by atoms with Crippen molar-refractivity contribution in [1.82, 2.24) is 0 Å². The van der Waals surface area contributed by atoms with Gasteiger partial charge >= 0.3 is 0 Å². The van der Waals surface area contributed by atoms with Crippen LogP contribution in [0.1, 0.15) is 11.1 Å². The van der Waals surface area contributed by atoms with E-state index in [9.17, 15) is 0 Å². The molecule has 0 saturated carbocycles. The standard InChI is InChI=1S/C15H12Cl2N2O/c1-20-15-7-10(8-18)3-5-14(15)19-9-11-2-4-12(16)13(17)6-11/h2-7,19H,9H2,1H3. The average molecular weight is 307 g/mol. The van der Waals surface area contributed by atoms with Gasteiger partial charge in [0.25, 0.3) is 0 Å². The molecular formula is C15H12Cl2N2O. The molecule has 2 rings (SSSR count). The maximum Gasteiger partial charge on any atom is 0.143 e. The molecule has 2 aromatic carbocycles. The second-order valence-electron chi connectivity index (χ2n) is 4.13. The van der Waals surface area contributed by atoms with Crippen molar-refractivity contribution in [1.29, 1.82) is 5.26 Å². The third-order valence-electron chi connectivity index (χ3n) is 2.80. The van der Waals surface area contributed by atoms with E-state index in [1.807, 2.05) is 18.2 Å². The van der Waals surface area contributed by atoms with Crippen LogP contribution in [-0.4, -0.2) is 7.11 Å². The van der Waals surface area contributed by atoms with Gasteiger partial charge in [0.1, 0.15) is 5.75 Å². The van der Waals surface area contributed by atoms with Gasteiger partial charge in [0.2, 0.25) is 0 Å². The molecule has 5 heteroatoms. The molecule has 0 atom stereocenters. The minimum atomic E-state index is 0.526. The first-order valence-electron chi connectivity index (χ1n) is 5.90. The van der Waals surface area contributed by atoms with Gasteiger partial charge in [-0.2, -0.15) is 5.26 Å². The highest BCUT2D eigenvalue weighted by Crippen LogP contribution is 2.27. The molecule has 1 N–H and O–H groups in total. The summed E-state index contributed by atoms with van der Waals surface area (Å²) >= 11 is 11.8. The van der Waals surface area contributed by atoms with Crippen LogP contribution in [0.15, 0.2) is 36.4 Å². The number of benzene rings is 2. The van der Waals surface area contributed by atoms with Crippen LogP contribution in [0.2, 0.25) is 10.0 Å². The van der Waals surface area contributed by atoms with Crippen LogP contribution in [0.4, 0.5) is 5.69 Å². The molecule has 0 bridgehead atoms. The summed E-state index contributed by atoms with van der Waals surface area (Å²) in [6.07, 6.45) is 0. The predicted molar refractivity (Wildman–Crippen MR) is 81.5 cm³/mol. The SMILES string of the molecule is COc1cc(C#N)ccc1NCc1ccc(Cl)c(Cl)c1. The summed E-state index contributed by atoms with van der Waals surface area (Å²) in [7, 11) is 1.57. The molecule has 0 aliphatic carbocycles. The Morgan fingerprint density at radius 1 is 1.15 bits per heavy atom. The number of nitrogens with one attached hydrogen (secondary N) is 1. The Bertz CT molecular complexity index is 665. The second-order valence-corrected chi connectivity index (χ2v) is 4.94. The maximum absolute atomic E-state index is 8.86. The monoisotopic (exact) mass is 306 g/mol. The third-order valence-corrected chi connectivity index (χ3v) is 3.54. The van der Waals surface area contributed by atoms with Crippen molar-refractivity contribution in [2.75, 3.05) is 12.4 Å². The van der Waals surface area contributed by atoms with Gasteiger partial charge in [-0.25, -0.2) is 0 Å². The number of methoxy groups -OCH3 is 1. The quantitative estimate of drug-likeness (QED) is 0.905. The topological polar surface area (TPSA) is 45.0 Å². The molecule has 0 aromatic heterocycles. The van der Waals surface area contributed by atoms with Gasteiger partial charge in [-0.05, 0) is 29.8 Å². The molecule has 0 amide bonds. The number of hydrogen-bond donors (Lipinski definition) is 1. The first kappa shape index (κ1) is 14.5. The fourth-order valence-corrected chi connectivity index (χ4v) is 2.07. The Hall–Kier alpha value is -1.89. The van der Waals surface area contributed by atoms with E-state index < -0.39 is 0 Å². The van der Waals surface area contributed by atoms with Crippen LogP contribution >= 0.6 is 23.2 Å². The number of ether oxygens (including phenoxy) is 1. The zero-order valence-corrected chi connectivity index (χ0v) is 12.3. The Balaban J connectivity index is 2.14. The molecule has 102 valence electrons. The fourth-order valence-electron chi connectivity index (χ4n) is 1.75. The van der Waals surface area contributed by atoms with E-state index in [-0.39, 0.29) is 0 Å². The summed E-state index contributed by atoms with van der Waals surface area (Å²) in [5.74, 6) is 0.629. The lowest BCUT2D eigenvalue weighted by Crippen LogP contribution is -2.01. The Morgan fingerprint density at radius 3 is 2.60 bits per heavy atom. The molecule has 0 fully saturated rings. The van der Waals surface area contributed by atoms with E-state index in [4.69, 9.17) is 33.2 Å². The van der Waals surface area contributed by atoms with Crippen LogP contribution < -0.4 is 10.1 Å².